The van der Waals surface area contributed by atoms with E-state index in [-0.39, 0.29) is 16.3 Å². The zero-order chi connectivity index (χ0) is 29.3. The molecule has 208 valence electrons. The van der Waals surface area contributed by atoms with Crippen molar-refractivity contribution in [1.29, 1.82) is 0 Å². The molecule has 0 unspecified atom stereocenters. The quantitative estimate of drug-likeness (QED) is 0.228. The molecule has 0 radical (unpaired) electrons. The molecule has 0 saturated carbocycles. The average Bonchev–Trinajstić information content (AvgIpc) is 2.95. The van der Waals surface area contributed by atoms with Crippen LogP contribution >= 0.6 is 0 Å². The van der Waals surface area contributed by atoms with E-state index in [1.807, 2.05) is 26.0 Å². The molecule has 0 fully saturated rings. The molecule has 0 saturated heterocycles. The average molecular weight is 568 g/mol. The second kappa shape index (κ2) is 10.9. The summed E-state index contributed by atoms with van der Waals surface area (Å²) in [5, 5.41) is 12.3. The van der Waals surface area contributed by atoms with Crippen molar-refractivity contribution in [2.24, 2.45) is 4.99 Å². The standard InChI is InChI=1S/C32H29N3O5S/c1-20-14-16-24(17-22(20)3)35-31(36)26-10-6-5-9-25(26)27(32(35)37)19-33-23-15-13-21(2)30(18-23)41(38,39)34-28-11-7-8-12-29(28)40-4/h5-19,34,37H,1-4H3. The molecule has 0 bridgehead atoms. The van der Waals surface area contributed by atoms with Crippen LogP contribution in [0.15, 0.2) is 99.6 Å². The molecule has 8 nitrogen and oxygen atoms in total. The molecule has 4 aromatic carbocycles. The second-order valence-electron chi connectivity index (χ2n) is 9.71. The normalized spacial score (nSPS) is 11.7. The molecule has 0 atom stereocenters. The number of sulfonamides is 1. The van der Waals surface area contributed by atoms with Gasteiger partial charge in [-0.25, -0.2) is 13.0 Å². The van der Waals surface area contributed by atoms with Crippen LogP contribution in [0, 0.1) is 20.8 Å². The van der Waals surface area contributed by atoms with E-state index in [0.29, 0.717) is 44.7 Å². The van der Waals surface area contributed by atoms with Gasteiger partial charge in [0, 0.05) is 17.0 Å². The van der Waals surface area contributed by atoms with E-state index >= 15 is 0 Å². The minimum Gasteiger partial charge on any atom is -0.495 e. The van der Waals surface area contributed by atoms with Crippen molar-refractivity contribution in [2.75, 3.05) is 11.8 Å². The number of pyridine rings is 1. The molecule has 0 aliphatic heterocycles. The summed E-state index contributed by atoms with van der Waals surface area (Å²) in [6.45, 7) is 5.61. The fourth-order valence-corrected chi connectivity index (χ4v) is 5.96. The highest BCUT2D eigenvalue weighted by atomic mass is 32.2. The van der Waals surface area contributed by atoms with Crippen LogP contribution in [0.2, 0.25) is 0 Å². The van der Waals surface area contributed by atoms with Gasteiger partial charge in [-0.1, -0.05) is 42.5 Å². The predicted molar refractivity (Wildman–Crippen MR) is 163 cm³/mol. The van der Waals surface area contributed by atoms with E-state index in [4.69, 9.17) is 4.74 Å². The number of aliphatic imine (C=N–C) groups is 1. The highest BCUT2D eigenvalue weighted by molar-refractivity contribution is 7.92. The molecule has 1 heterocycles. The predicted octanol–water partition coefficient (Wildman–Crippen LogP) is 6.18. The Labute approximate surface area is 238 Å². The minimum absolute atomic E-state index is 0.0484. The topological polar surface area (TPSA) is 110 Å². The first-order valence-electron chi connectivity index (χ1n) is 12.9. The van der Waals surface area contributed by atoms with Crippen molar-refractivity contribution in [3.8, 4) is 17.3 Å². The number of aromatic hydroxyl groups is 1. The summed E-state index contributed by atoms with van der Waals surface area (Å²) in [7, 11) is -2.51. The van der Waals surface area contributed by atoms with E-state index in [1.165, 1.54) is 24.0 Å². The molecule has 41 heavy (non-hydrogen) atoms. The molecule has 1 aromatic heterocycles. The summed E-state index contributed by atoms with van der Waals surface area (Å²) in [5.41, 5.74) is 3.74. The molecular weight excluding hydrogens is 538 g/mol. The number of fused-ring (bicyclic) bond motifs is 1. The molecule has 0 aliphatic carbocycles. The van der Waals surface area contributed by atoms with Crippen molar-refractivity contribution < 1.29 is 18.3 Å². The molecule has 0 spiro atoms. The summed E-state index contributed by atoms with van der Waals surface area (Å²) < 4.78 is 35.8. The van der Waals surface area contributed by atoms with Gasteiger partial charge in [-0.15, -0.1) is 0 Å². The Morgan fingerprint density at radius 1 is 0.854 bits per heavy atom. The number of anilines is 1. The van der Waals surface area contributed by atoms with E-state index in [0.717, 1.165) is 11.1 Å². The number of hydrogen-bond acceptors (Lipinski definition) is 6. The molecule has 9 heteroatoms. The van der Waals surface area contributed by atoms with E-state index < -0.39 is 10.0 Å². The first-order valence-corrected chi connectivity index (χ1v) is 14.3. The lowest BCUT2D eigenvalue weighted by molar-refractivity contribution is 0.417. The van der Waals surface area contributed by atoms with Gasteiger partial charge in [0.05, 0.1) is 34.6 Å². The van der Waals surface area contributed by atoms with Gasteiger partial charge in [0.1, 0.15) is 5.75 Å². The van der Waals surface area contributed by atoms with Crippen LogP contribution in [-0.4, -0.2) is 31.4 Å². The maximum Gasteiger partial charge on any atom is 0.265 e. The maximum atomic E-state index is 13.4. The van der Waals surface area contributed by atoms with Crippen LogP contribution in [0.5, 0.6) is 11.6 Å². The minimum atomic E-state index is -3.98. The number of nitrogens with one attached hydrogen (secondary N) is 1. The lowest BCUT2D eigenvalue weighted by atomic mass is 10.1. The largest absolute Gasteiger partial charge is 0.495 e. The SMILES string of the molecule is COc1ccccc1NS(=O)(=O)c1cc(N=Cc2c(O)n(-c3ccc(C)c(C)c3)c(=O)c3ccccc23)ccc1C. The van der Waals surface area contributed by atoms with Gasteiger partial charge in [-0.2, -0.15) is 0 Å². The monoisotopic (exact) mass is 567 g/mol. The third-order valence-corrected chi connectivity index (χ3v) is 8.51. The second-order valence-corrected chi connectivity index (χ2v) is 11.4. The highest BCUT2D eigenvalue weighted by Crippen LogP contribution is 2.30. The molecular formula is C32H29N3O5S. The first-order chi connectivity index (χ1) is 19.6. The lowest BCUT2D eigenvalue weighted by Crippen LogP contribution is -2.20. The number of methoxy groups -OCH3 is 1. The molecule has 0 amide bonds. The maximum absolute atomic E-state index is 13.4. The summed E-state index contributed by atoms with van der Waals surface area (Å²) in [6.07, 6.45) is 1.45. The number of ether oxygens (including phenoxy) is 1. The number of para-hydroxylation sites is 2. The lowest BCUT2D eigenvalue weighted by Gasteiger charge is -2.15. The first kappa shape index (κ1) is 27.7. The Balaban J connectivity index is 1.60. The Kier molecular flexibility index (Phi) is 7.38. The zero-order valence-corrected chi connectivity index (χ0v) is 23.9. The molecule has 5 aromatic rings. The number of rotatable bonds is 7. The van der Waals surface area contributed by atoms with Crippen LogP contribution in [-0.2, 0) is 10.0 Å². The Hall–Kier alpha value is -4.89. The van der Waals surface area contributed by atoms with Crippen molar-refractivity contribution in [1.82, 2.24) is 4.57 Å². The van der Waals surface area contributed by atoms with Crippen LogP contribution in [0.1, 0.15) is 22.3 Å². The smallest absolute Gasteiger partial charge is 0.265 e. The van der Waals surface area contributed by atoms with Gasteiger partial charge in [-0.05, 0) is 79.9 Å². The highest BCUT2D eigenvalue weighted by Gasteiger charge is 2.20. The Bertz CT molecular complexity index is 2000. The van der Waals surface area contributed by atoms with Crippen LogP contribution < -0.4 is 15.0 Å². The summed E-state index contributed by atoms with van der Waals surface area (Å²) in [5.74, 6) is 0.127. The fourth-order valence-electron chi connectivity index (χ4n) is 4.62. The van der Waals surface area contributed by atoms with Crippen LogP contribution in [0.25, 0.3) is 16.5 Å². The van der Waals surface area contributed by atoms with Gasteiger partial charge < -0.3 is 9.84 Å². The van der Waals surface area contributed by atoms with Crippen LogP contribution in [0.3, 0.4) is 0 Å². The molecule has 0 aliphatic rings. The number of aryl methyl sites for hydroxylation is 3. The van der Waals surface area contributed by atoms with Crippen molar-refractivity contribution >= 4 is 38.4 Å². The van der Waals surface area contributed by atoms with Crippen molar-refractivity contribution in [3.05, 3.63) is 118 Å². The Morgan fingerprint density at radius 3 is 2.27 bits per heavy atom. The van der Waals surface area contributed by atoms with Crippen molar-refractivity contribution in [2.45, 2.75) is 25.7 Å². The van der Waals surface area contributed by atoms with Crippen molar-refractivity contribution in [3.63, 3.8) is 0 Å². The third kappa shape index (κ3) is 5.31. The fraction of sp³-hybridized carbons (Fsp3) is 0.125. The van der Waals surface area contributed by atoms with Gasteiger partial charge in [0.15, 0.2) is 0 Å². The van der Waals surface area contributed by atoms with Gasteiger partial charge >= 0.3 is 0 Å². The third-order valence-electron chi connectivity index (χ3n) is 7.01. The van der Waals surface area contributed by atoms with Gasteiger partial charge in [-0.3, -0.25) is 14.5 Å². The summed E-state index contributed by atoms with van der Waals surface area (Å²) >= 11 is 0. The number of nitrogens with zero attached hydrogens (tertiary/aromatic N) is 2. The van der Waals surface area contributed by atoms with E-state index in [2.05, 4.69) is 9.71 Å². The molecule has 2 N–H and O–H groups in total. The zero-order valence-electron chi connectivity index (χ0n) is 23.0. The van der Waals surface area contributed by atoms with Crippen LogP contribution in [0.4, 0.5) is 11.4 Å². The Morgan fingerprint density at radius 2 is 1.54 bits per heavy atom. The summed E-state index contributed by atoms with van der Waals surface area (Å²) in [4.78, 5) is 18.0. The van der Waals surface area contributed by atoms with Gasteiger partial charge in [0.2, 0.25) is 5.88 Å². The number of aromatic nitrogens is 1. The van der Waals surface area contributed by atoms with E-state index in [9.17, 15) is 18.3 Å². The van der Waals surface area contributed by atoms with Gasteiger partial charge in [0.25, 0.3) is 15.6 Å². The summed E-state index contributed by atoms with van der Waals surface area (Å²) in [6, 6.07) is 24.1. The number of benzene rings is 4. The van der Waals surface area contributed by atoms with E-state index in [1.54, 1.807) is 73.7 Å². The molecule has 5 rings (SSSR count). The number of hydrogen-bond donors (Lipinski definition) is 2.